The summed E-state index contributed by atoms with van der Waals surface area (Å²) in [6.07, 6.45) is 0. The number of rotatable bonds is 4. The lowest BCUT2D eigenvalue weighted by molar-refractivity contribution is -0.146. The molecule has 0 radical (unpaired) electrons. The van der Waals surface area contributed by atoms with E-state index in [0.717, 1.165) is 27.2 Å². The van der Waals surface area contributed by atoms with Gasteiger partial charge in [-0.3, -0.25) is 19.3 Å². The lowest BCUT2D eigenvalue weighted by Crippen LogP contribution is -2.57. The number of nitrogens with zero attached hydrogens (tertiary/aromatic N) is 1. The van der Waals surface area contributed by atoms with Crippen LogP contribution in [0.15, 0.2) is 72.8 Å². The minimum Gasteiger partial charge on any atom is -0.497 e. The summed E-state index contributed by atoms with van der Waals surface area (Å²) < 4.78 is 5.15. The van der Waals surface area contributed by atoms with Crippen molar-refractivity contribution in [3.05, 3.63) is 95.1 Å². The topological polar surface area (TPSA) is 75.7 Å². The van der Waals surface area contributed by atoms with Gasteiger partial charge in [-0.1, -0.05) is 48.5 Å². The SMILES string of the molecule is COc1ccc(NC(=O)[C@H](C)N2C(=O)[C@@H]3[C@@H](C2=O)C2(Cl)c4ccccc4C3(Cl)c3ccccc32)cc1. The van der Waals surface area contributed by atoms with Crippen LogP contribution in [0.25, 0.3) is 0 Å². The van der Waals surface area contributed by atoms with Gasteiger partial charge < -0.3 is 10.1 Å². The van der Waals surface area contributed by atoms with Crippen molar-refractivity contribution in [1.82, 2.24) is 4.90 Å². The van der Waals surface area contributed by atoms with Crippen LogP contribution in [-0.2, 0) is 24.1 Å². The second-order valence-corrected chi connectivity index (χ2v) is 10.6. The highest BCUT2D eigenvalue weighted by Crippen LogP contribution is 2.69. The van der Waals surface area contributed by atoms with Crippen LogP contribution in [0.3, 0.4) is 0 Å². The van der Waals surface area contributed by atoms with Crippen LogP contribution in [0.1, 0.15) is 29.2 Å². The largest absolute Gasteiger partial charge is 0.497 e. The molecule has 36 heavy (non-hydrogen) atoms. The zero-order chi connectivity index (χ0) is 25.4. The van der Waals surface area contributed by atoms with Crippen molar-refractivity contribution in [2.45, 2.75) is 22.7 Å². The molecule has 0 aromatic heterocycles. The van der Waals surface area contributed by atoms with Gasteiger partial charge >= 0.3 is 0 Å². The van der Waals surface area contributed by atoms with E-state index in [9.17, 15) is 14.4 Å². The molecule has 0 spiro atoms. The Kier molecular flexibility index (Phi) is 5.01. The maximum absolute atomic E-state index is 14.0. The van der Waals surface area contributed by atoms with Crippen LogP contribution in [0.5, 0.6) is 5.75 Å². The van der Waals surface area contributed by atoms with E-state index < -0.39 is 45.3 Å². The van der Waals surface area contributed by atoms with Crippen molar-refractivity contribution in [3.63, 3.8) is 0 Å². The van der Waals surface area contributed by atoms with Crippen LogP contribution >= 0.6 is 23.2 Å². The zero-order valence-electron chi connectivity index (χ0n) is 19.5. The molecule has 3 aromatic rings. The maximum atomic E-state index is 14.0. The van der Waals surface area contributed by atoms with E-state index in [4.69, 9.17) is 27.9 Å². The van der Waals surface area contributed by atoms with E-state index >= 15 is 0 Å². The fraction of sp³-hybridized carbons (Fsp3) is 0.250. The molecule has 1 heterocycles. The number of carbonyl (C=O) groups is 3. The summed E-state index contributed by atoms with van der Waals surface area (Å²) in [5.74, 6) is -2.71. The van der Waals surface area contributed by atoms with Crippen molar-refractivity contribution in [2.24, 2.45) is 11.8 Å². The molecule has 3 amide bonds. The van der Waals surface area contributed by atoms with Crippen molar-refractivity contribution < 1.29 is 19.1 Å². The molecule has 1 aliphatic heterocycles. The molecule has 3 aliphatic carbocycles. The Bertz CT molecular complexity index is 1320. The monoisotopic (exact) mass is 520 g/mol. The van der Waals surface area contributed by atoms with Gasteiger partial charge in [-0.2, -0.15) is 0 Å². The minimum absolute atomic E-state index is 0.491. The van der Waals surface area contributed by atoms with Gasteiger partial charge in [0.15, 0.2) is 0 Å². The number of anilines is 1. The molecule has 8 heteroatoms. The zero-order valence-corrected chi connectivity index (χ0v) is 21.0. The molecule has 3 aromatic carbocycles. The van der Waals surface area contributed by atoms with Gasteiger partial charge in [0.2, 0.25) is 17.7 Å². The van der Waals surface area contributed by atoms with Crippen LogP contribution in [0.4, 0.5) is 5.69 Å². The summed E-state index contributed by atoms with van der Waals surface area (Å²) in [7, 11) is 1.55. The highest BCUT2D eigenvalue weighted by atomic mass is 35.5. The Morgan fingerprint density at radius 3 is 1.64 bits per heavy atom. The molecule has 1 saturated heterocycles. The summed E-state index contributed by atoms with van der Waals surface area (Å²) in [6, 6.07) is 20.6. The molecule has 6 nitrogen and oxygen atoms in total. The van der Waals surface area contributed by atoms with Gasteiger partial charge in [0, 0.05) is 5.69 Å². The Balaban J connectivity index is 1.42. The standard InChI is InChI=1S/C28H22Cl2N2O4/c1-15(24(33)31-16-11-13-17(36-2)14-12-16)32-25(34)22-23(26(32)35)28(30)19-8-4-3-7-18(19)27(22,29)20-9-5-6-10-21(20)28/h3-15,22-23H,1-2H3,(H,31,33)/t15-,22-,23-,27?,28?/m0/s1. The number of halogens is 2. The van der Waals surface area contributed by atoms with Crippen LogP contribution in [0.2, 0.25) is 0 Å². The third kappa shape index (κ3) is 2.77. The van der Waals surface area contributed by atoms with E-state index in [1.165, 1.54) is 6.92 Å². The molecular formula is C28H22Cl2N2O4. The second-order valence-electron chi connectivity index (χ2n) is 9.41. The lowest BCUT2D eigenvalue weighted by atomic mass is 9.54. The first kappa shape index (κ1) is 23.1. The normalized spacial score (nSPS) is 28.3. The van der Waals surface area contributed by atoms with Crippen molar-refractivity contribution >= 4 is 46.6 Å². The summed E-state index contributed by atoms with van der Waals surface area (Å²) >= 11 is 14.8. The second kappa shape index (κ2) is 7.82. The van der Waals surface area contributed by atoms with Crippen molar-refractivity contribution in [3.8, 4) is 5.75 Å². The van der Waals surface area contributed by atoms with Gasteiger partial charge in [0.05, 0.1) is 18.9 Å². The first-order chi connectivity index (χ1) is 17.2. The van der Waals surface area contributed by atoms with Gasteiger partial charge in [-0.05, 0) is 53.4 Å². The Hall–Kier alpha value is -3.35. The minimum atomic E-state index is -1.28. The molecule has 2 bridgehead atoms. The number of alkyl halides is 2. The smallest absolute Gasteiger partial charge is 0.247 e. The van der Waals surface area contributed by atoms with Crippen LogP contribution in [0, 0.1) is 11.8 Å². The molecule has 0 unspecified atom stereocenters. The number of imide groups is 1. The highest BCUT2D eigenvalue weighted by molar-refractivity contribution is 6.36. The van der Waals surface area contributed by atoms with Crippen LogP contribution in [-0.4, -0.2) is 35.8 Å². The quantitative estimate of drug-likeness (QED) is 0.402. The summed E-state index contributed by atoms with van der Waals surface area (Å²) in [4.78, 5) is 39.6. The van der Waals surface area contributed by atoms with Gasteiger partial charge in [-0.25, -0.2) is 0 Å². The predicted octanol–water partition coefficient (Wildman–Crippen LogP) is 4.62. The molecule has 182 valence electrons. The average Bonchev–Trinajstić information content (AvgIpc) is 3.18. The van der Waals surface area contributed by atoms with Crippen molar-refractivity contribution in [1.29, 1.82) is 0 Å². The summed E-state index contributed by atoms with van der Waals surface area (Å²) in [5.41, 5.74) is 3.41. The number of amides is 3. The third-order valence-electron chi connectivity index (χ3n) is 7.74. The Morgan fingerprint density at radius 2 is 1.25 bits per heavy atom. The van der Waals surface area contributed by atoms with Gasteiger partial charge in [0.25, 0.3) is 0 Å². The lowest BCUT2D eigenvalue weighted by Gasteiger charge is -2.54. The number of likely N-dealkylation sites (tertiary alicyclic amines) is 1. The van der Waals surface area contributed by atoms with E-state index in [1.807, 2.05) is 48.5 Å². The Morgan fingerprint density at radius 1 is 0.833 bits per heavy atom. The fourth-order valence-electron chi connectivity index (χ4n) is 6.11. The Labute approximate surface area is 218 Å². The number of methoxy groups -OCH3 is 1. The van der Waals surface area contributed by atoms with Gasteiger partial charge in [0.1, 0.15) is 21.5 Å². The molecule has 3 atom stereocenters. The number of hydrogen-bond donors (Lipinski definition) is 1. The molecule has 1 fully saturated rings. The van der Waals surface area contributed by atoms with E-state index in [0.29, 0.717) is 11.4 Å². The fourth-order valence-corrected chi connectivity index (χ4v) is 7.21. The molecule has 0 saturated carbocycles. The number of benzene rings is 3. The number of hydrogen-bond acceptors (Lipinski definition) is 4. The first-order valence-corrected chi connectivity index (χ1v) is 12.4. The molecular weight excluding hydrogens is 499 g/mol. The number of carbonyl (C=O) groups excluding carboxylic acids is 3. The average molecular weight is 521 g/mol. The van der Waals surface area contributed by atoms with E-state index in [-0.39, 0.29) is 0 Å². The van der Waals surface area contributed by atoms with Crippen molar-refractivity contribution in [2.75, 3.05) is 12.4 Å². The number of nitrogens with one attached hydrogen (secondary N) is 1. The van der Waals surface area contributed by atoms with E-state index in [1.54, 1.807) is 31.4 Å². The summed E-state index contributed by atoms with van der Waals surface area (Å²) in [6.45, 7) is 1.54. The highest BCUT2D eigenvalue weighted by Gasteiger charge is 2.73. The first-order valence-electron chi connectivity index (χ1n) is 11.6. The molecule has 1 N–H and O–H groups in total. The van der Waals surface area contributed by atoms with Gasteiger partial charge in [-0.15, -0.1) is 23.2 Å². The summed E-state index contributed by atoms with van der Waals surface area (Å²) in [5, 5.41) is 2.78. The van der Waals surface area contributed by atoms with E-state index in [2.05, 4.69) is 5.32 Å². The molecule has 7 rings (SSSR count). The predicted molar refractivity (Wildman–Crippen MR) is 136 cm³/mol. The third-order valence-corrected chi connectivity index (χ3v) is 9.03. The maximum Gasteiger partial charge on any atom is 0.247 e. The van der Waals surface area contributed by atoms with Crippen LogP contribution < -0.4 is 10.1 Å². The molecule has 4 aliphatic rings. The number of ether oxygens (including phenoxy) is 1.